The molecule has 2 saturated heterocycles. The number of piperidine rings is 1. The molecule has 1 amide bonds. The predicted molar refractivity (Wildman–Crippen MR) is 85.4 cm³/mol. The van der Waals surface area contributed by atoms with Crippen molar-refractivity contribution < 1.29 is 23.5 Å². The number of hydrogen-bond acceptors (Lipinski definition) is 6. The smallest absolute Gasteiger partial charge is 0.374 e. The van der Waals surface area contributed by atoms with E-state index >= 15 is 0 Å². The second-order valence-electron chi connectivity index (χ2n) is 6.28. The Labute approximate surface area is 141 Å². The zero-order chi connectivity index (χ0) is 16.9. The number of amides is 1. The lowest BCUT2D eigenvalue weighted by molar-refractivity contribution is -0.141. The number of likely N-dealkylation sites (tertiary alicyclic amines) is 1. The lowest BCUT2D eigenvalue weighted by Crippen LogP contribution is -2.48. The van der Waals surface area contributed by atoms with Crippen LogP contribution in [0.25, 0.3) is 0 Å². The van der Waals surface area contributed by atoms with Crippen molar-refractivity contribution in [1.82, 2.24) is 9.80 Å². The SMILES string of the molecule is COC(=O)c1occc1CN1CCCC(C(=O)N2CCOCC2)C1. The molecule has 1 aromatic heterocycles. The van der Waals surface area contributed by atoms with Gasteiger partial charge in [-0.1, -0.05) is 0 Å². The molecule has 24 heavy (non-hydrogen) atoms. The van der Waals surface area contributed by atoms with Gasteiger partial charge in [-0.15, -0.1) is 0 Å². The number of methoxy groups -OCH3 is 1. The molecule has 2 aliphatic rings. The highest BCUT2D eigenvalue weighted by atomic mass is 16.5. The molecule has 3 rings (SSSR count). The second kappa shape index (κ2) is 7.81. The minimum Gasteiger partial charge on any atom is -0.463 e. The highest BCUT2D eigenvalue weighted by molar-refractivity contribution is 5.87. The third-order valence-corrected chi connectivity index (χ3v) is 4.69. The maximum absolute atomic E-state index is 12.7. The van der Waals surface area contributed by atoms with Crippen molar-refractivity contribution in [3.05, 3.63) is 23.7 Å². The number of rotatable bonds is 4. The Morgan fingerprint density at radius 2 is 2.08 bits per heavy atom. The van der Waals surface area contributed by atoms with Crippen molar-refractivity contribution in [2.75, 3.05) is 46.5 Å². The second-order valence-corrected chi connectivity index (χ2v) is 6.28. The summed E-state index contributed by atoms with van der Waals surface area (Å²) in [4.78, 5) is 28.5. The molecule has 1 unspecified atom stereocenters. The van der Waals surface area contributed by atoms with Crippen LogP contribution in [0.2, 0.25) is 0 Å². The van der Waals surface area contributed by atoms with Crippen molar-refractivity contribution in [2.45, 2.75) is 19.4 Å². The number of hydrogen-bond donors (Lipinski definition) is 0. The maximum atomic E-state index is 12.7. The number of nitrogens with zero attached hydrogens (tertiary/aromatic N) is 2. The van der Waals surface area contributed by atoms with E-state index < -0.39 is 5.97 Å². The average molecular weight is 336 g/mol. The van der Waals surface area contributed by atoms with Gasteiger partial charge in [-0.25, -0.2) is 4.79 Å². The molecular formula is C17H24N2O5. The molecule has 0 spiro atoms. The maximum Gasteiger partial charge on any atom is 0.374 e. The van der Waals surface area contributed by atoms with Crippen LogP contribution >= 0.6 is 0 Å². The topological polar surface area (TPSA) is 72.2 Å². The molecule has 0 saturated carbocycles. The Morgan fingerprint density at radius 1 is 1.29 bits per heavy atom. The lowest BCUT2D eigenvalue weighted by Gasteiger charge is -2.36. The van der Waals surface area contributed by atoms with E-state index in [-0.39, 0.29) is 17.6 Å². The van der Waals surface area contributed by atoms with Gasteiger partial charge in [0, 0.05) is 31.7 Å². The molecule has 7 heteroatoms. The molecule has 0 aliphatic carbocycles. The summed E-state index contributed by atoms with van der Waals surface area (Å²) in [6.45, 7) is 4.83. The Balaban J connectivity index is 1.60. The van der Waals surface area contributed by atoms with Gasteiger partial charge in [-0.3, -0.25) is 9.69 Å². The van der Waals surface area contributed by atoms with Crippen LogP contribution in [0.1, 0.15) is 29.0 Å². The first-order valence-corrected chi connectivity index (χ1v) is 8.42. The third-order valence-electron chi connectivity index (χ3n) is 4.69. The zero-order valence-corrected chi connectivity index (χ0v) is 14.0. The average Bonchev–Trinajstić information content (AvgIpc) is 3.09. The molecule has 2 fully saturated rings. The Morgan fingerprint density at radius 3 is 2.83 bits per heavy atom. The fraction of sp³-hybridized carbons (Fsp3) is 0.647. The van der Waals surface area contributed by atoms with Crippen LogP contribution in [0.4, 0.5) is 0 Å². The van der Waals surface area contributed by atoms with E-state index in [1.54, 1.807) is 6.07 Å². The van der Waals surface area contributed by atoms with Gasteiger partial charge in [0.15, 0.2) is 0 Å². The van der Waals surface area contributed by atoms with Crippen LogP contribution in [0, 0.1) is 5.92 Å². The molecule has 2 aliphatic heterocycles. The van der Waals surface area contributed by atoms with Crippen molar-refractivity contribution in [2.24, 2.45) is 5.92 Å². The molecule has 7 nitrogen and oxygen atoms in total. The molecule has 0 bridgehead atoms. The standard InChI is InChI=1S/C17H24N2O5/c1-22-17(21)15-13(4-8-24-15)11-18-5-2-3-14(12-18)16(20)19-6-9-23-10-7-19/h4,8,14H,2-3,5-7,9-12H2,1H3. The van der Waals surface area contributed by atoms with Crippen LogP contribution in [0.15, 0.2) is 16.7 Å². The van der Waals surface area contributed by atoms with Crippen LogP contribution in [-0.2, 0) is 20.8 Å². The highest BCUT2D eigenvalue weighted by Gasteiger charge is 2.30. The number of carbonyl (C=O) groups is 2. The molecule has 0 radical (unpaired) electrons. The number of morpholine rings is 1. The summed E-state index contributed by atoms with van der Waals surface area (Å²) in [5.74, 6) is 0.0285. The van der Waals surface area contributed by atoms with Crippen molar-refractivity contribution >= 4 is 11.9 Å². The van der Waals surface area contributed by atoms with E-state index in [1.165, 1.54) is 13.4 Å². The van der Waals surface area contributed by atoms with Crippen molar-refractivity contribution in [3.8, 4) is 0 Å². The van der Waals surface area contributed by atoms with Crippen molar-refractivity contribution in [1.29, 1.82) is 0 Å². The molecule has 0 N–H and O–H groups in total. The number of ether oxygens (including phenoxy) is 2. The van der Waals surface area contributed by atoms with Gasteiger partial charge in [0.2, 0.25) is 11.7 Å². The first-order chi connectivity index (χ1) is 11.7. The van der Waals surface area contributed by atoms with E-state index in [0.717, 1.165) is 24.9 Å². The van der Waals surface area contributed by atoms with Gasteiger partial charge >= 0.3 is 5.97 Å². The van der Waals surface area contributed by atoms with Gasteiger partial charge in [-0.2, -0.15) is 0 Å². The fourth-order valence-electron chi connectivity index (χ4n) is 3.42. The first kappa shape index (κ1) is 17.0. The molecule has 1 aromatic rings. The summed E-state index contributed by atoms with van der Waals surface area (Å²) in [5.41, 5.74) is 0.807. The van der Waals surface area contributed by atoms with Crippen LogP contribution in [-0.4, -0.2) is 68.2 Å². The Bertz CT molecular complexity index is 579. The summed E-state index contributed by atoms with van der Waals surface area (Å²) < 4.78 is 15.3. The van der Waals surface area contributed by atoms with Crippen LogP contribution < -0.4 is 0 Å². The highest BCUT2D eigenvalue weighted by Crippen LogP contribution is 2.23. The Hall–Kier alpha value is -1.86. The monoisotopic (exact) mass is 336 g/mol. The van der Waals surface area contributed by atoms with Gasteiger partial charge < -0.3 is 18.8 Å². The van der Waals surface area contributed by atoms with Gasteiger partial charge in [0.05, 0.1) is 32.5 Å². The predicted octanol–water partition coefficient (Wildman–Crippen LogP) is 1.14. The Kier molecular flexibility index (Phi) is 5.52. The number of esters is 1. The fourth-order valence-corrected chi connectivity index (χ4v) is 3.42. The number of carbonyl (C=O) groups excluding carboxylic acids is 2. The van der Waals surface area contributed by atoms with Crippen molar-refractivity contribution in [3.63, 3.8) is 0 Å². The van der Waals surface area contributed by atoms with E-state index in [2.05, 4.69) is 4.90 Å². The van der Waals surface area contributed by atoms with Gasteiger partial charge in [0.25, 0.3) is 0 Å². The molecule has 0 aromatic carbocycles. The van der Waals surface area contributed by atoms with Gasteiger partial charge in [0.1, 0.15) is 0 Å². The summed E-state index contributed by atoms with van der Waals surface area (Å²) >= 11 is 0. The summed E-state index contributed by atoms with van der Waals surface area (Å²) in [5, 5.41) is 0. The number of furan rings is 1. The lowest BCUT2D eigenvalue weighted by atomic mass is 9.96. The third kappa shape index (κ3) is 3.79. The molecule has 1 atom stereocenters. The van der Waals surface area contributed by atoms with Crippen LogP contribution in [0.5, 0.6) is 0 Å². The largest absolute Gasteiger partial charge is 0.463 e. The van der Waals surface area contributed by atoms with E-state index in [9.17, 15) is 9.59 Å². The van der Waals surface area contributed by atoms with Crippen LogP contribution in [0.3, 0.4) is 0 Å². The molecule has 132 valence electrons. The van der Waals surface area contributed by atoms with Gasteiger partial charge in [-0.05, 0) is 25.5 Å². The molecule has 3 heterocycles. The quantitative estimate of drug-likeness (QED) is 0.768. The summed E-state index contributed by atoms with van der Waals surface area (Å²) in [6, 6.07) is 1.79. The summed E-state index contributed by atoms with van der Waals surface area (Å²) in [7, 11) is 1.34. The minimum absolute atomic E-state index is 0.0188. The van der Waals surface area contributed by atoms with E-state index in [0.29, 0.717) is 39.4 Å². The zero-order valence-electron chi connectivity index (χ0n) is 14.0. The van der Waals surface area contributed by atoms with E-state index in [4.69, 9.17) is 13.9 Å². The summed E-state index contributed by atoms with van der Waals surface area (Å²) in [6.07, 6.45) is 3.40. The normalized spacial score (nSPS) is 22.4. The first-order valence-electron chi connectivity index (χ1n) is 8.42. The molecular weight excluding hydrogens is 312 g/mol. The minimum atomic E-state index is -0.465. The van der Waals surface area contributed by atoms with E-state index in [1.807, 2.05) is 4.90 Å².